The van der Waals surface area contributed by atoms with Crippen molar-refractivity contribution < 1.29 is 9.47 Å². The van der Waals surface area contributed by atoms with E-state index in [1.165, 1.54) is 0 Å². The van der Waals surface area contributed by atoms with Crippen LogP contribution < -0.4 is 9.47 Å². The average molecular weight is 175 g/mol. The third-order valence-corrected chi connectivity index (χ3v) is 1.89. The van der Waals surface area contributed by atoms with Gasteiger partial charge >= 0.3 is 0 Å². The van der Waals surface area contributed by atoms with Gasteiger partial charge in [-0.1, -0.05) is 6.07 Å². The van der Waals surface area contributed by atoms with Gasteiger partial charge in [-0.3, -0.25) is 0 Å². The first-order valence-electron chi connectivity index (χ1n) is 4.14. The van der Waals surface area contributed by atoms with Gasteiger partial charge in [0.25, 0.3) is 0 Å². The zero-order valence-corrected chi connectivity index (χ0v) is 7.28. The van der Waals surface area contributed by atoms with Crippen LogP contribution in [0.4, 0.5) is 0 Å². The molecule has 0 bridgehead atoms. The van der Waals surface area contributed by atoms with Gasteiger partial charge in [0.2, 0.25) is 0 Å². The van der Waals surface area contributed by atoms with E-state index >= 15 is 0 Å². The molecule has 0 unspecified atom stereocenters. The van der Waals surface area contributed by atoms with Crippen LogP contribution in [0.2, 0.25) is 0 Å². The van der Waals surface area contributed by atoms with Crippen molar-refractivity contribution in [3.63, 3.8) is 0 Å². The summed E-state index contributed by atoms with van der Waals surface area (Å²) in [7, 11) is 0. The fraction of sp³-hybridized carbons (Fsp3) is 0.300. The highest BCUT2D eigenvalue weighted by molar-refractivity contribution is 5.53. The van der Waals surface area contributed by atoms with Crippen molar-refractivity contribution >= 4 is 0 Å². The lowest BCUT2D eigenvalue weighted by Gasteiger charge is -2.24. The molecule has 0 saturated heterocycles. The van der Waals surface area contributed by atoms with Gasteiger partial charge in [-0.05, 0) is 19.1 Å². The number of hydrogen-bond acceptors (Lipinski definition) is 3. The van der Waals surface area contributed by atoms with Crippen LogP contribution in [-0.4, -0.2) is 12.7 Å². The molecule has 1 aliphatic heterocycles. The molecule has 0 N–H and O–H groups in total. The number of rotatable bonds is 0. The summed E-state index contributed by atoms with van der Waals surface area (Å²) in [4.78, 5) is 0. The summed E-state index contributed by atoms with van der Waals surface area (Å²) in [5, 5.41) is 8.79. The molecule has 0 saturated carbocycles. The van der Waals surface area contributed by atoms with Crippen molar-refractivity contribution in [3.8, 4) is 17.6 Å². The highest BCUT2D eigenvalue weighted by atomic mass is 16.6. The Morgan fingerprint density at radius 2 is 2.38 bits per heavy atom. The van der Waals surface area contributed by atoms with Crippen molar-refractivity contribution in [2.45, 2.75) is 13.0 Å². The van der Waals surface area contributed by atoms with Gasteiger partial charge in [-0.2, -0.15) is 5.26 Å². The topological polar surface area (TPSA) is 42.2 Å². The van der Waals surface area contributed by atoms with E-state index in [-0.39, 0.29) is 6.10 Å². The van der Waals surface area contributed by atoms with E-state index in [1.54, 1.807) is 12.1 Å². The van der Waals surface area contributed by atoms with E-state index in [1.807, 2.05) is 13.0 Å². The Morgan fingerprint density at radius 3 is 3.15 bits per heavy atom. The maximum atomic E-state index is 8.79. The van der Waals surface area contributed by atoms with Crippen LogP contribution in [0.25, 0.3) is 0 Å². The Hall–Kier alpha value is -1.69. The molecule has 3 nitrogen and oxygen atoms in total. The molecular weight excluding hydrogens is 166 g/mol. The molecule has 1 aliphatic rings. The molecule has 0 aromatic heterocycles. The molecule has 0 radical (unpaired) electrons. The SMILES string of the molecule is C[C@H]1COc2cccc(C#N)c2O1. The van der Waals surface area contributed by atoms with Crippen molar-refractivity contribution in [2.24, 2.45) is 0 Å². The maximum Gasteiger partial charge on any atom is 0.179 e. The summed E-state index contributed by atoms with van der Waals surface area (Å²) in [5.74, 6) is 1.24. The number of benzene rings is 1. The van der Waals surface area contributed by atoms with E-state index in [0.717, 1.165) is 0 Å². The summed E-state index contributed by atoms with van der Waals surface area (Å²) in [5.41, 5.74) is 0.532. The fourth-order valence-electron chi connectivity index (χ4n) is 1.28. The van der Waals surface area contributed by atoms with E-state index in [2.05, 4.69) is 6.07 Å². The molecule has 0 spiro atoms. The second kappa shape index (κ2) is 2.98. The molecule has 0 fully saturated rings. The molecule has 66 valence electrons. The minimum atomic E-state index is 0.0157. The first-order chi connectivity index (χ1) is 6.31. The summed E-state index contributed by atoms with van der Waals surface area (Å²) in [6, 6.07) is 7.39. The summed E-state index contributed by atoms with van der Waals surface area (Å²) in [6.07, 6.45) is 0.0157. The van der Waals surface area contributed by atoms with Gasteiger partial charge in [0.05, 0.1) is 5.56 Å². The summed E-state index contributed by atoms with van der Waals surface area (Å²) in [6.45, 7) is 2.46. The van der Waals surface area contributed by atoms with Crippen molar-refractivity contribution in [1.82, 2.24) is 0 Å². The largest absolute Gasteiger partial charge is 0.486 e. The maximum absolute atomic E-state index is 8.79. The number of ether oxygens (including phenoxy) is 2. The quantitative estimate of drug-likeness (QED) is 0.602. The second-order valence-electron chi connectivity index (χ2n) is 2.98. The zero-order chi connectivity index (χ0) is 9.26. The zero-order valence-electron chi connectivity index (χ0n) is 7.28. The molecule has 1 aromatic rings. The lowest BCUT2D eigenvalue weighted by molar-refractivity contribution is 0.104. The summed E-state index contributed by atoms with van der Waals surface area (Å²) < 4.78 is 10.9. The molecule has 0 amide bonds. The minimum absolute atomic E-state index is 0.0157. The molecular formula is C10H9NO2. The van der Waals surface area contributed by atoms with Gasteiger partial charge in [-0.15, -0.1) is 0 Å². The number of nitrogens with zero attached hydrogens (tertiary/aromatic N) is 1. The normalized spacial score (nSPS) is 19.2. The van der Waals surface area contributed by atoms with Gasteiger partial charge in [0.15, 0.2) is 11.5 Å². The standard InChI is InChI=1S/C10H9NO2/c1-7-6-12-9-4-2-3-8(5-11)10(9)13-7/h2-4,7H,6H2,1H3/t7-/m0/s1. The molecule has 3 heteroatoms. The van der Waals surface area contributed by atoms with Crippen molar-refractivity contribution in [1.29, 1.82) is 5.26 Å². The average Bonchev–Trinajstić information content (AvgIpc) is 2.17. The lowest BCUT2D eigenvalue weighted by Crippen LogP contribution is -2.26. The van der Waals surface area contributed by atoms with Crippen molar-refractivity contribution in [2.75, 3.05) is 6.61 Å². The lowest BCUT2D eigenvalue weighted by atomic mass is 10.2. The summed E-state index contributed by atoms with van der Waals surface area (Å²) >= 11 is 0. The first-order valence-corrected chi connectivity index (χ1v) is 4.14. The molecule has 1 aromatic carbocycles. The third kappa shape index (κ3) is 1.31. The number of nitriles is 1. The number of para-hydroxylation sites is 1. The van der Waals surface area contributed by atoms with Crippen LogP contribution in [0, 0.1) is 11.3 Å². The minimum Gasteiger partial charge on any atom is -0.486 e. The predicted octanol–water partition coefficient (Wildman–Crippen LogP) is 1.72. The van der Waals surface area contributed by atoms with Crippen molar-refractivity contribution in [3.05, 3.63) is 23.8 Å². The molecule has 2 rings (SSSR count). The Labute approximate surface area is 76.5 Å². The Morgan fingerprint density at radius 1 is 1.54 bits per heavy atom. The Bertz CT molecular complexity index is 368. The van der Waals surface area contributed by atoms with Gasteiger partial charge < -0.3 is 9.47 Å². The molecule has 13 heavy (non-hydrogen) atoms. The van der Waals surface area contributed by atoms with E-state index in [4.69, 9.17) is 14.7 Å². The Kier molecular flexibility index (Phi) is 1.82. The van der Waals surface area contributed by atoms with E-state index in [9.17, 15) is 0 Å². The monoisotopic (exact) mass is 175 g/mol. The van der Waals surface area contributed by atoms with Crippen LogP contribution in [0.15, 0.2) is 18.2 Å². The van der Waals surface area contributed by atoms with Crippen LogP contribution in [-0.2, 0) is 0 Å². The highest BCUT2D eigenvalue weighted by Crippen LogP contribution is 2.34. The number of fused-ring (bicyclic) bond motifs is 1. The third-order valence-electron chi connectivity index (χ3n) is 1.89. The van der Waals surface area contributed by atoms with Gasteiger partial charge in [0.1, 0.15) is 18.8 Å². The molecule has 0 aliphatic carbocycles. The van der Waals surface area contributed by atoms with Crippen LogP contribution in [0.3, 0.4) is 0 Å². The molecule has 1 heterocycles. The van der Waals surface area contributed by atoms with E-state index in [0.29, 0.717) is 23.7 Å². The van der Waals surface area contributed by atoms with Crippen LogP contribution >= 0.6 is 0 Å². The highest BCUT2D eigenvalue weighted by Gasteiger charge is 2.19. The fourth-order valence-corrected chi connectivity index (χ4v) is 1.28. The van der Waals surface area contributed by atoms with Crippen LogP contribution in [0.5, 0.6) is 11.5 Å². The van der Waals surface area contributed by atoms with Gasteiger partial charge in [0, 0.05) is 0 Å². The van der Waals surface area contributed by atoms with Gasteiger partial charge in [-0.25, -0.2) is 0 Å². The second-order valence-corrected chi connectivity index (χ2v) is 2.98. The predicted molar refractivity (Wildman–Crippen MR) is 46.7 cm³/mol. The van der Waals surface area contributed by atoms with E-state index < -0.39 is 0 Å². The Balaban J connectivity index is 2.48. The molecule has 1 atom stereocenters. The number of hydrogen-bond donors (Lipinski definition) is 0. The smallest absolute Gasteiger partial charge is 0.179 e. The first kappa shape index (κ1) is 7.93. The van der Waals surface area contributed by atoms with Crippen LogP contribution in [0.1, 0.15) is 12.5 Å².